The van der Waals surface area contributed by atoms with Crippen molar-refractivity contribution in [2.24, 2.45) is 0 Å². The van der Waals surface area contributed by atoms with Crippen LogP contribution in [0.1, 0.15) is 20.7 Å². The highest BCUT2D eigenvalue weighted by molar-refractivity contribution is 6.13. The summed E-state index contributed by atoms with van der Waals surface area (Å²) in [6.45, 7) is -0.806. The van der Waals surface area contributed by atoms with Crippen LogP contribution in [-0.2, 0) is 9.47 Å². The first-order valence-corrected chi connectivity index (χ1v) is 8.34. The van der Waals surface area contributed by atoms with E-state index in [-0.39, 0.29) is 11.1 Å². The van der Waals surface area contributed by atoms with Crippen molar-refractivity contribution in [1.29, 1.82) is 0 Å². The molecule has 2 aromatic rings. The number of aliphatic hydroxyl groups is 3. The topological polar surface area (TPSA) is 113 Å². The normalized spacial score (nSPS) is 30.2. The molecule has 1 fully saturated rings. The number of carbonyl (C=O) groups is 2. The fourth-order valence-electron chi connectivity index (χ4n) is 3.39. The molecule has 0 radical (unpaired) electrons. The fourth-order valence-corrected chi connectivity index (χ4v) is 3.39. The second-order valence-electron chi connectivity index (χ2n) is 6.30. The van der Waals surface area contributed by atoms with Crippen molar-refractivity contribution in [3.05, 3.63) is 71.8 Å². The summed E-state index contributed by atoms with van der Waals surface area (Å²) in [6.07, 6.45) is -3.21. The van der Waals surface area contributed by atoms with Crippen molar-refractivity contribution in [3.8, 4) is 0 Å². The van der Waals surface area contributed by atoms with Crippen LogP contribution in [0.3, 0.4) is 0 Å². The van der Waals surface area contributed by atoms with E-state index < -0.39 is 41.8 Å². The lowest BCUT2D eigenvalue weighted by molar-refractivity contribution is -0.178. The van der Waals surface area contributed by atoms with Gasteiger partial charge in [-0.25, -0.2) is 0 Å². The van der Waals surface area contributed by atoms with Crippen molar-refractivity contribution in [2.75, 3.05) is 13.7 Å². The molecule has 142 valence electrons. The minimum Gasteiger partial charge on any atom is -0.394 e. The summed E-state index contributed by atoms with van der Waals surface area (Å²) in [7, 11) is 1.17. The Morgan fingerprint density at radius 3 is 1.78 bits per heavy atom. The maximum atomic E-state index is 13.1. The number of Topliss-reactive ketones (excluding diaryl/α,β-unsaturated/α-hetero) is 2. The fraction of sp³-hybridized carbons (Fsp3) is 0.300. The predicted molar refractivity (Wildman–Crippen MR) is 94.2 cm³/mol. The number of ether oxygens (including phenoxy) is 2. The van der Waals surface area contributed by atoms with E-state index in [9.17, 15) is 24.9 Å². The molecular weight excluding hydrogens is 352 g/mol. The van der Waals surface area contributed by atoms with Gasteiger partial charge in [0.25, 0.3) is 0 Å². The Hall–Kier alpha value is -2.42. The summed E-state index contributed by atoms with van der Waals surface area (Å²) >= 11 is 0. The minimum atomic E-state index is -2.76. The molecule has 27 heavy (non-hydrogen) atoms. The number of carbonyl (C=O) groups excluding carboxylic acids is 2. The minimum absolute atomic E-state index is 0.0538. The lowest BCUT2D eigenvalue weighted by Crippen LogP contribution is -2.68. The van der Waals surface area contributed by atoms with E-state index in [1.54, 1.807) is 36.4 Å². The maximum Gasteiger partial charge on any atom is 0.217 e. The van der Waals surface area contributed by atoms with Gasteiger partial charge in [-0.05, 0) is 0 Å². The van der Waals surface area contributed by atoms with Crippen LogP contribution in [0.5, 0.6) is 0 Å². The van der Waals surface area contributed by atoms with Gasteiger partial charge in [0.15, 0.2) is 11.9 Å². The van der Waals surface area contributed by atoms with Gasteiger partial charge in [0, 0.05) is 18.2 Å². The molecule has 0 aliphatic carbocycles. The number of rotatable bonds is 6. The average Bonchev–Trinajstić information content (AvgIpc) is 2.96. The summed E-state index contributed by atoms with van der Waals surface area (Å²) in [5, 5.41) is 32.4. The first-order chi connectivity index (χ1) is 12.9. The number of methoxy groups -OCH3 is 1. The third-order valence-electron chi connectivity index (χ3n) is 4.82. The van der Waals surface area contributed by atoms with Gasteiger partial charge in [-0.1, -0.05) is 60.7 Å². The summed E-state index contributed by atoms with van der Waals surface area (Å²) in [5.74, 6) is -1.90. The maximum absolute atomic E-state index is 13.1. The van der Waals surface area contributed by atoms with E-state index >= 15 is 0 Å². The van der Waals surface area contributed by atoms with Gasteiger partial charge in [0.2, 0.25) is 17.2 Å². The first-order valence-electron chi connectivity index (χ1n) is 8.34. The molecule has 3 N–H and O–H groups in total. The third kappa shape index (κ3) is 2.80. The molecule has 1 aliphatic heterocycles. The highest BCUT2D eigenvalue weighted by Gasteiger charge is 2.73. The van der Waals surface area contributed by atoms with Gasteiger partial charge < -0.3 is 24.8 Å². The smallest absolute Gasteiger partial charge is 0.217 e. The van der Waals surface area contributed by atoms with Crippen LogP contribution in [0.25, 0.3) is 0 Å². The largest absolute Gasteiger partial charge is 0.394 e. The van der Waals surface area contributed by atoms with Gasteiger partial charge >= 0.3 is 0 Å². The highest BCUT2D eigenvalue weighted by Crippen LogP contribution is 2.44. The van der Waals surface area contributed by atoms with Gasteiger partial charge in [-0.2, -0.15) is 0 Å². The van der Waals surface area contributed by atoms with Crippen LogP contribution in [0.15, 0.2) is 60.7 Å². The van der Waals surface area contributed by atoms with Crippen LogP contribution in [0.4, 0.5) is 0 Å². The van der Waals surface area contributed by atoms with E-state index in [0.717, 1.165) is 0 Å². The van der Waals surface area contributed by atoms with E-state index in [1.165, 1.54) is 31.4 Å². The monoisotopic (exact) mass is 372 g/mol. The van der Waals surface area contributed by atoms with Gasteiger partial charge in [-0.3, -0.25) is 9.59 Å². The second-order valence-corrected chi connectivity index (χ2v) is 6.30. The molecule has 3 rings (SSSR count). The van der Waals surface area contributed by atoms with Crippen LogP contribution >= 0.6 is 0 Å². The molecule has 1 aliphatic rings. The highest BCUT2D eigenvalue weighted by atomic mass is 16.7. The predicted octanol–water partition coefficient (Wildman–Crippen LogP) is 0.578. The molecule has 1 heterocycles. The van der Waals surface area contributed by atoms with E-state index in [2.05, 4.69) is 0 Å². The molecular formula is C20H20O7. The summed E-state index contributed by atoms with van der Waals surface area (Å²) in [6, 6.07) is 15.4. The number of benzene rings is 2. The second kappa shape index (κ2) is 7.30. The van der Waals surface area contributed by atoms with E-state index in [1.807, 2.05) is 0 Å². The molecule has 0 aromatic heterocycles. The molecule has 0 amide bonds. The summed E-state index contributed by atoms with van der Waals surface area (Å²) in [5.41, 5.74) is -5.40. The third-order valence-corrected chi connectivity index (χ3v) is 4.82. The van der Waals surface area contributed by atoms with Crippen molar-refractivity contribution >= 4 is 11.6 Å². The molecule has 1 saturated heterocycles. The Balaban J connectivity index is 2.17. The quantitative estimate of drug-likeness (QED) is 0.636. The zero-order valence-electron chi connectivity index (χ0n) is 14.6. The Bertz CT molecular complexity index is 753. The molecule has 2 aromatic carbocycles. The van der Waals surface area contributed by atoms with Crippen LogP contribution in [0.2, 0.25) is 0 Å². The van der Waals surface area contributed by atoms with Crippen molar-refractivity contribution < 1.29 is 34.4 Å². The molecule has 4 atom stereocenters. The lowest BCUT2D eigenvalue weighted by atomic mass is 9.72. The standard InChI is InChI=1S/C20H20O7/c1-26-18-20(25,17(23)14-10-6-3-7-11-14)19(24,15(12-21)27-18)16(22)13-8-4-2-5-9-13/h2-11,15,18,21,24-25H,12H2,1H3/t15-,18-,19+,20+/m1/s1. The van der Waals surface area contributed by atoms with E-state index in [0.29, 0.717) is 0 Å². The van der Waals surface area contributed by atoms with Crippen molar-refractivity contribution in [3.63, 3.8) is 0 Å². The zero-order valence-corrected chi connectivity index (χ0v) is 14.6. The average molecular weight is 372 g/mol. The molecule has 7 nitrogen and oxygen atoms in total. The number of ketones is 2. The zero-order chi connectivity index (χ0) is 19.7. The Labute approximate surface area is 155 Å². The number of hydrogen-bond donors (Lipinski definition) is 3. The van der Waals surface area contributed by atoms with Gasteiger partial charge in [-0.15, -0.1) is 0 Å². The van der Waals surface area contributed by atoms with Crippen LogP contribution in [-0.4, -0.2) is 64.2 Å². The SMILES string of the molecule is CO[C@@H]1O[C@H](CO)[C@](O)(C(=O)c2ccccc2)[C@]1(O)C(=O)c1ccccc1. The summed E-state index contributed by atoms with van der Waals surface area (Å²) in [4.78, 5) is 26.3. The van der Waals surface area contributed by atoms with Crippen molar-refractivity contribution in [1.82, 2.24) is 0 Å². The molecule has 7 heteroatoms. The Morgan fingerprint density at radius 1 is 0.926 bits per heavy atom. The Kier molecular flexibility index (Phi) is 5.23. The van der Waals surface area contributed by atoms with Crippen LogP contribution < -0.4 is 0 Å². The molecule has 0 spiro atoms. The molecule has 0 bridgehead atoms. The Morgan fingerprint density at radius 2 is 1.37 bits per heavy atom. The number of hydrogen-bond acceptors (Lipinski definition) is 7. The summed E-state index contributed by atoms with van der Waals surface area (Å²) < 4.78 is 10.4. The first kappa shape index (κ1) is 19.3. The van der Waals surface area contributed by atoms with Crippen molar-refractivity contribution in [2.45, 2.75) is 23.6 Å². The van der Waals surface area contributed by atoms with Gasteiger partial charge in [0.1, 0.15) is 6.10 Å². The molecule has 0 saturated carbocycles. The lowest BCUT2D eigenvalue weighted by Gasteiger charge is -2.37. The molecule has 0 unspecified atom stereocenters. The van der Waals surface area contributed by atoms with E-state index in [4.69, 9.17) is 9.47 Å². The van der Waals surface area contributed by atoms with Gasteiger partial charge in [0.05, 0.1) is 6.61 Å². The van der Waals surface area contributed by atoms with Crippen LogP contribution in [0, 0.1) is 0 Å². The number of aliphatic hydroxyl groups excluding tert-OH is 1.